The first-order chi connectivity index (χ1) is 13.3. The van der Waals surface area contributed by atoms with Gasteiger partial charge in [-0.05, 0) is 25.5 Å². The summed E-state index contributed by atoms with van der Waals surface area (Å²) in [6, 6.07) is 6.15. The third-order valence-corrected chi connectivity index (χ3v) is 4.48. The molecule has 2 rings (SSSR count). The SMILES string of the molecule is CCNC(=NCc1nc(C(F)(F)F)cs1)NCC(CC)Oc1ccccc1F.I. The molecule has 162 valence electrons. The fraction of sp³-hybridized carbons (Fsp3) is 0.444. The summed E-state index contributed by atoms with van der Waals surface area (Å²) in [5.41, 5.74) is -0.912. The molecule has 0 aliphatic heterocycles. The molecule has 1 atom stereocenters. The monoisotopic (exact) mass is 546 g/mol. The van der Waals surface area contributed by atoms with Crippen molar-refractivity contribution < 1.29 is 22.3 Å². The van der Waals surface area contributed by atoms with Crippen LogP contribution in [0.5, 0.6) is 5.75 Å². The molecule has 1 aromatic carbocycles. The van der Waals surface area contributed by atoms with E-state index in [-0.39, 0.29) is 47.4 Å². The van der Waals surface area contributed by atoms with Crippen LogP contribution in [0.25, 0.3) is 0 Å². The Bertz CT molecular complexity index is 785. The molecule has 29 heavy (non-hydrogen) atoms. The average Bonchev–Trinajstić information content (AvgIpc) is 3.14. The molecule has 5 nitrogen and oxygen atoms in total. The molecule has 0 aliphatic rings. The number of thiazole rings is 1. The summed E-state index contributed by atoms with van der Waals surface area (Å²) in [6.07, 6.45) is -4.14. The number of para-hydroxylation sites is 1. The van der Waals surface area contributed by atoms with Crippen LogP contribution in [0.3, 0.4) is 0 Å². The van der Waals surface area contributed by atoms with Crippen molar-refractivity contribution in [2.75, 3.05) is 13.1 Å². The first-order valence-electron chi connectivity index (χ1n) is 8.78. The van der Waals surface area contributed by atoms with Crippen molar-refractivity contribution in [1.29, 1.82) is 0 Å². The number of hydrogen-bond acceptors (Lipinski definition) is 4. The fourth-order valence-electron chi connectivity index (χ4n) is 2.20. The van der Waals surface area contributed by atoms with Gasteiger partial charge in [-0.1, -0.05) is 19.1 Å². The number of nitrogens with zero attached hydrogens (tertiary/aromatic N) is 2. The topological polar surface area (TPSA) is 58.5 Å². The Labute approximate surface area is 188 Å². The zero-order valence-electron chi connectivity index (χ0n) is 15.9. The van der Waals surface area contributed by atoms with Crippen LogP contribution in [0.1, 0.15) is 31.0 Å². The second-order valence-corrected chi connectivity index (χ2v) is 6.72. The summed E-state index contributed by atoms with van der Waals surface area (Å²) < 4.78 is 57.3. The van der Waals surface area contributed by atoms with Gasteiger partial charge in [0.05, 0.1) is 13.1 Å². The van der Waals surface area contributed by atoms with Gasteiger partial charge in [-0.15, -0.1) is 35.3 Å². The molecule has 0 saturated carbocycles. The van der Waals surface area contributed by atoms with Crippen molar-refractivity contribution in [2.45, 2.75) is 39.1 Å². The van der Waals surface area contributed by atoms with E-state index in [2.05, 4.69) is 20.6 Å². The predicted octanol–water partition coefficient (Wildman–Crippen LogP) is 4.83. The van der Waals surface area contributed by atoms with Crippen molar-refractivity contribution in [2.24, 2.45) is 4.99 Å². The Kier molecular flexibility index (Phi) is 10.6. The molecular weight excluding hydrogens is 523 g/mol. The Hall–Kier alpha value is -1.63. The number of guanidine groups is 1. The highest BCUT2D eigenvalue weighted by atomic mass is 127. The van der Waals surface area contributed by atoms with Crippen LogP contribution >= 0.6 is 35.3 Å². The first-order valence-corrected chi connectivity index (χ1v) is 9.66. The van der Waals surface area contributed by atoms with Gasteiger partial charge in [0.15, 0.2) is 23.2 Å². The minimum Gasteiger partial charge on any atom is -0.486 e. The molecule has 0 saturated heterocycles. The number of benzene rings is 1. The lowest BCUT2D eigenvalue weighted by Crippen LogP contribution is -2.42. The number of alkyl halides is 3. The summed E-state index contributed by atoms with van der Waals surface area (Å²) in [7, 11) is 0. The van der Waals surface area contributed by atoms with E-state index < -0.39 is 17.7 Å². The van der Waals surface area contributed by atoms with Crippen LogP contribution in [0.4, 0.5) is 17.6 Å². The second kappa shape index (κ2) is 12.2. The molecule has 1 heterocycles. The van der Waals surface area contributed by atoms with Gasteiger partial charge >= 0.3 is 6.18 Å². The molecule has 1 unspecified atom stereocenters. The zero-order chi connectivity index (χ0) is 20.6. The Morgan fingerprint density at radius 1 is 1.24 bits per heavy atom. The largest absolute Gasteiger partial charge is 0.486 e. The van der Waals surface area contributed by atoms with E-state index in [1.165, 1.54) is 6.07 Å². The van der Waals surface area contributed by atoms with E-state index in [9.17, 15) is 17.6 Å². The highest BCUT2D eigenvalue weighted by Crippen LogP contribution is 2.30. The van der Waals surface area contributed by atoms with E-state index >= 15 is 0 Å². The lowest BCUT2D eigenvalue weighted by atomic mass is 10.2. The Morgan fingerprint density at radius 3 is 2.55 bits per heavy atom. The van der Waals surface area contributed by atoms with Gasteiger partial charge < -0.3 is 15.4 Å². The smallest absolute Gasteiger partial charge is 0.434 e. The summed E-state index contributed by atoms with van der Waals surface area (Å²) >= 11 is 0.909. The molecule has 0 spiro atoms. The van der Waals surface area contributed by atoms with Crippen molar-refractivity contribution in [3.8, 4) is 5.75 Å². The fourth-order valence-corrected chi connectivity index (χ4v) is 2.93. The van der Waals surface area contributed by atoms with E-state index in [1.807, 2.05) is 13.8 Å². The van der Waals surface area contributed by atoms with E-state index in [4.69, 9.17) is 4.74 Å². The molecule has 2 aromatic rings. The van der Waals surface area contributed by atoms with Gasteiger partial charge in [0.1, 0.15) is 11.1 Å². The minimum absolute atomic E-state index is 0. The minimum atomic E-state index is -4.46. The number of halogens is 5. The number of nitrogens with one attached hydrogen (secondary N) is 2. The van der Waals surface area contributed by atoms with Gasteiger partial charge in [0.25, 0.3) is 0 Å². The summed E-state index contributed by atoms with van der Waals surface area (Å²) in [4.78, 5) is 7.81. The quantitative estimate of drug-likeness (QED) is 0.216. The molecule has 0 aliphatic carbocycles. The number of hydrogen-bond donors (Lipinski definition) is 2. The van der Waals surface area contributed by atoms with Gasteiger partial charge in [-0.3, -0.25) is 0 Å². The number of ether oxygens (including phenoxy) is 1. The van der Waals surface area contributed by atoms with Crippen molar-refractivity contribution in [3.63, 3.8) is 0 Å². The maximum Gasteiger partial charge on any atom is 0.434 e. The van der Waals surface area contributed by atoms with Crippen LogP contribution in [-0.4, -0.2) is 30.1 Å². The third kappa shape index (κ3) is 8.33. The van der Waals surface area contributed by atoms with Gasteiger partial charge in [0.2, 0.25) is 0 Å². The second-order valence-electron chi connectivity index (χ2n) is 5.78. The Morgan fingerprint density at radius 2 is 1.97 bits per heavy atom. The van der Waals surface area contributed by atoms with E-state index in [0.717, 1.165) is 16.7 Å². The van der Waals surface area contributed by atoms with Crippen LogP contribution in [0.15, 0.2) is 34.6 Å². The first kappa shape index (κ1) is 25.4. The average molecular weight is 546 g/mol. The summed E-state index contributed by atoms with van der Waals surface area (Å²) in [6.45, 7) is 4.72. The summed E-state index contributed by atoms with van der Waals surface area (Å²) in [5.74, 6) is 0.146. The van der Waals surface area contributed by atoms with Gasteiger partial charge in [0, 0.05) is 11.9 Å². The van der Waals surface area contributed by atoms with Crippen LogP contribution < -0.4 is 15.4 Å². The van der Waals surface area contributed by atoms with Crippen LogP contribution in [0.2, 0.25) is 0 Å². The third-order valence-electron chi connectivity index (χ3n) is 3.64. The maximum atomic E-state index is 13.7. The lowest BCUT2D eigenvalue weighted by Gasteiger charge is -2.20. The zero-order valence-corrected chi connectivity index (χ0v) is 19.1. The van der Waals surface area contributed by atoms with Crippen molar-refractivity contribution in [1.82, 2.24) is 15.6 Å². The highest BCUT2D eigenvalue weighted by Gasteiger charge is 2.33. The molecule has 0 bridgehead atoms. The Balaban J connectivity index is 0.00000420. The molecular formula is C18H23F4IN4OS. The molecule has 11 heteroatoms. The maximum absolute atomic E-state index is 13.7. The lowest BCUT2D eigenvalue weighted by molar-refractivity contribution is -0.140. The van der Waals surface area contributed by atoms with Gasteiger partial charge in [-0.2, -0.15) is 13.2 Å². The van der Waals surface area contributed by atoms with E-state index in [0.29, 0.717) is 25.5 Å². The molecule has 0 radical (unpaired) electrons. The molecule has 2 N–H and O–H groups in total. The predicted molar refractivity (Wildman–Crippen MR) is 116 cm³/mol. The molecule has 0 fully saturated rings. The van der Waals surface area contributed by atoms with E-state index in [1.54, 1.807) is 18.2 Å². The molecule has 1 aromatic heterocycles. The van der Waals surface area contributed by atoms with Gasteiger partial charge in [-0.25, -0.2) is 14.4 Å². The van der Waals surface area contributed by atoms with Crippen LogP contribution in [0, 0.1) is 5.82 Å². The highest BCUT2D eigenvalue weighted by molar-refractivity contribution is 14.0. The number of aliphatic imine (C=N–C) groups is 1. The van der Waals surface area contributed by atoms with Crippen molar-refractivity contribution in [3.05, 3.63) is 46.2 Å². The summed E-state index contributed by atoms with van der Waals surface area (Å²) in [5, 5.41) is 7.31. The van der Waals surface area contributed by atoms with Crippen molar-refractivity contribution >= 4 is 41.3 Å². The van der Waals surface area contributed by atoms with Crippen LogP contribution in [-0.2, 0) is 12.7 Å². The normalized spacial score (nSPS) is 12.8. The number of aromatic nitrogens is 1. The standard InChI is InChI=1S/C18H22F4N4OS.HI/c1-3-12(27-14-8-6-5-7-13(14)19)9-24-17(23-4-2)25-10-16-26-15(11-28-16)18(20,21)22;/h5-8,11-12H,3-4,9-10H2,1-2H3,(H2,23,24,25);1H. The number of rotatable bonds is 8. The molecule has 0 amide bonds.